The number of carbonyl (C=O) groups is 2. The van der Waals surface area contributed by atoms with Crippen LogP contribution >= 0.6 is 0 Å². The zero-order chi connectivity index (χ0) is 14.8. The summed E-state index contributed by atoms with van der Waals surface area (Å²) in [5.41, 5.74) is 3.00. The van der Waals surface area contributed by atoms with E-state index in [-0.39, 0.29) is 5.91 Å². The van der Waals surface area contributed by atoms with Crippen LogP contribution < -0.4 is 0 Å². The molecule has 0 spiro atoms. The molecule has 0 aliphatic carbocycles. The largest absolute Gasteiger partial charge is 0.355 e. The number of fused-ring (bicyclic) bond motifs is 1. The molecule has 5 heteroatoms. The normalized spacial score (nSPS) is 19.7. The Morgan fingerprint density at radius 3 is 2.62 bits per heavy atom. The molecule has 1 amide bonds. The lowest BCUT2D eigenvalue weighted by atomic mass is 10.0. The number of aromatic nitrogens is 1. The summed E-state index contributed by atoms with van der Waals surface area (Å²) >= 11 is 0. The average Bonchev–Trinajstić information content (AvgIpc) is 2.84. The first-order valence-corrected chi connectivity index (χ1v) is 7.89. The Hall–Kier alpha value is -1.62. The van der Waals surface area contributed by atoms with E-state index in [4.69, 9.17) is 0 Å². The van der Waals surface area contributed by atoms with Gasteiger partial charge in [0.2, 0.25) is 0 Å². The maximum atomic E-state index is 12.6. The summed E-state index contributed by atoms with van der Waals surface area (Å²) in [6, 6.07) is 0. The lowest BCUT2D eigenvalue weighted by molar-refractivity contribution is 0.0712. The number of hydrogen-bond donors (Lipinski definition) is 1. The minimum Gasteiger partial charge on any atom is -0.355 e. The number of aromatic amines is 1. The standard InChI is InChI=1S/C16H23N3O2/c1-12-14(11-20)17-13-5-8-19(16(21)15(12)13)10-9-18-6-3-2-4-7-18/h11,17H,2-10H2,1H3. The van der Waals surface area contributed by atoms with Gasteiger partial charge in [-0.3, -0.25) is 9.59 Å². The van der Waals surface area contributed by atoms with Crippen LogP contribution in [0.4, 0.5) is 0 Å². The summed E-state index contributed by atoms with van der Waals surface area (Å²) in [5.74, 6) is 0.0788. The van der Waals surface area contributed by atoms with Crippen molar-refractivity contribution in [3.05, 3.63) is 22.5 Å². The molecular weight excluding hydrogens is 266 g/mol. The highest BCUT2D eigenvalue weighted by Crippen LogP contribution is 2.24. The van der Waals surface area contributed by atoms with Crippen LogP contribution in [0.2, 0.25) is 0 Å². The van der Waals surface area contributed by atoms with Crippen LogP contribution in [0.3, 0.4) is 0 Å². The van der Waals surface area contributed by atoms with E-state index in [0.717, 1.165) is 62.3 Å². The van der Waals surface area contributed by atoms with Gasteiger partial charge in [-0.05, 0) is 38.4 Å². The van der Waals surface area contributed by atoms with Crippen molar-refractivity contribution in [3.8, 4) is 0 Å². The molecule has 0 aromatic carbocycles. The third-order valence-electron chi connectivity index (χ3n) is 4.75. The van der Waals surface area contributed by atoms with Crippen LogP contribution in [-0.2, 0) is 6.42 Å². The fourth-order valence-corrected chi connectivity index (χ4v) is 3.44. The number of nitrogens with zero attached hydrogens (tertiary/aromatic N) is 2. The third kappa shape index (κ3) is 2.75. The minimum absolute atomic E-state index is 0.0788. The molecule has 0 atom stereocenters. The van der Waals surface area contributed by atoms with Gasteiger partial charge in [-0.1, -0.05) is 6.42 Å². The molecule has 3 rings (SSSR count). The molecule has 0 unspecified atom stereocenters. The number of piperidine rings is 1. The van der Waals surface area contributed by atoms with Crippen LogP contribution in [0.1, 0.15) is 51.4 Å². The molecule has 0 bridgehead atoms. The van der Waals surface area contributed by atoms with Gasteiger partial charge in [0.25, 0.3) is 5.91 Å². The Balaban J connectivity index is 1.67. The van der Waals surface area contributed by atoms with Gasteiger partial charge in [-0.15, -0.1) is 0 Å². The van der Waals surface area contributed by atoms with Crippen LogP contribution in [-0.4, -0.2) is 59.7 Å². The highest BCUT2D eigenvalue weighted by molar-refractivity contribution is 6.00. The van der Waals surface area contributed by atoms with Gasteiger partial charge in [0.1, 0.15) is 0 Å². The molecule has 1 fully saturated rings. The second-order valence-electron chi connectivity index (χ2n) is 6.08. The highest BCUT2D eigenvalue weighted by Gasteiger charge is 2.29. The predicted octanol–water partition coefficient (Wildman–Crippen LogP) is 1.62. The second-order valence-corrected chi connectivity index (χ2v) is 6.08. The van der Waals surface area contributed by atoms with Crippen molar-refractivity contribution in [1.82, 2.24) is 14.8 Å². The first-order valence-electron chi connectivity index (χ1n) is 7.89. The molecule has 5 nitrogen and oxygen atoms in total. The minimum atomic E-state index is 0.0788. The highest BCUT2D eigenvalue weighted by atomic mass is 16.2. The molecule has 1 N–H and O–H groups in total. The van der Waals surface area contributed by atoms with E-state index < -0.39 is 0 Å². The van der Waals surface area contributed by atoms with Crippen molar-refractivity contribution in [2.24, 2.45) is 0 Å². The molecule has 1 saturated heterocycles. The number of H-pyrrole nitrogens is 1. The zero-order valence-corrected chi connectivity index (χ0v) is 12.7. The lowest BCUT2D eigenvalue weighted by Gasteiger charge is -2.32. The SMILES string of the molecule is Cc1c(C=O)[nH]c2c1C(=O)N(CCN1CCCCC1)CC2. The number of likely N-dealkylation sites (tertiary alicyclic amines) is 1. The van der Waals surface area contributed by atoms with Gasteiger partial charge < -0.3 is 14.8 Å². The fourth-order valence-electron chi connectivity index (χ4n) is 3.44. The zero-order valence-electron chi connectivity index (χ0n) is 12.7. The number of amides is 1. The molecule has 21 heavy (non-hydrogen) atoms. The van der Waals surface area contributed by atoms with Crippen LogP contribution in [0.25, 0.3) is 0 Å². The van der Waals surface area contributed by atoms with E-state index in [1.54, 1.807) is 0 Å². The molecule has 1 aromatic heterocycles. The summed E-state index contributed by atoms with van der Waals surface area (Å²) in [5, 5.41) is 0. The van der Waals surface area contributed by atoms with Gasteiger partial charge >= 0.3 is 0 Å². The smallest absolute Gasteiger partial charge is 0.256 e. The quantitative estimate of drug-likeness (QED) is 0.857. The summed E-state index contributed by atoms with van der Waals surface area (Å²) < 4.78 is 0. The average molecular weight is 289 g/mol. The Bertz CT molecular complexity index is 544. The first kappa shape index (κ1) is 14.3. The van der Waals surface area contributed by atoms with Gasteiger partial charge in [0, 0.05) is 31.7 Å². The van der Waals surface area contributed by atoms with Crippen LogP contribution in [0.15, 0.2) is 0 Å². The monoisotopic (exact) mass is 289 g/mol. The van der Waals surface area contributed by atoms with Crippen molar-refractivity contribution in [1.29, 1.82) is 0 Å². The fraction of sp³-hybridized carbons (Fsp3) is 0.625. The maximum absolute atomic E-state index is 12.6. The Kier molecular flexibility index (Phi) is 4.10. The number of hydrogen-bond acceptors (Lipinski definition) is 3. The van der Waals surface area contributed by atoms with Gasteiger partial charge in [0.15, 0.2) is 6.29 Å². The van der Waals surface area contributed by atoms with Crippen molar-refractivity contribution < 1.29 is 9.59 Å². The lowest BCUT2D eigenvalue weighted by Crippen LogP contribution is -2.43. The van der Waals surface area contributed by atoms with Gasteiger partial charge in [-0.2, -0.15) is 0 Å². The first-order chi connectivity index (χ1) is 10.2. The Morgan fingerprint density at radius 2 is 1.90 bits per heavy atom. The molecule has 1 aromatic rings. The summed E-state index contributed by atoms with van der Waals surface area (Å²) in [6.07, 6.45) is 5.50. The number of rotatable bonds is 4. The van der Waals surface area contributed by atoms with Crippen molar-refractivity contribution >= 4 is 12.2 Å². The van der Waals surface area contributed by atoms with E-state index in [0.29, 0.717) is 5.69 Å². The number of carbonyl (C=O) groups excluding carboxylic acids is 2. The molecule has 2 aliphatic heterocycles. The van der Waals surface area contributed by atoms with E-state index in [1.807, 2.05) is 11.8 Å². The van der Waals surface area contributed by atoms with Crippen LogP contribution in [0, 0.1) is 6.92 Å². The molecule has 114 valence electrons. The molecule has 2 aliphatic rings. The third-order valence-corrected chi connectivity index (χ3v) is 4.75. The second kappa shape index (κ2) is 6.02. The van der Waals surface area contributed by atoms with Crippen molar-refractivity contribution in [2.75, 3.05) is 32.7 Å². The molecule has 3 heterocycles. The molecule has 0 saturated carbocycles. The Labute approximate surface area is 125 Å². The maximum Gasteiger partial charge on any atom is 0.256 e. The van der Waals surface area contributed by atoms with E-state index in [1.165, 1.54) is 19.3 Å². The van der Waals surface area contributed by atoms with Crippen molar-refractivity contribution in [3.63, 3.8) is 0 Å². The van der Waals surface area contributed by atoms with Gasteiger partial charge in [0.05, 0.1) is 11.3 Å². The predicted molar refractivity (Wildman–Crippen MR) is 80.8 cm³/mol. The van der Waals surface area contributed by atoms with Crippen LogP contribution in [0.5, 0.6) is 0 Å². The van der Waals surface area contributed by atoms with Crippen molar-refractivity contribution in [2.45, 2.75) is 32.6 Å². The number of aldehydes is 1. The number of nitrogens with one attached hydrogen (secondary N) is 1. The molecular formula is C16H23N3O2. The van der Waals surface area contributed by atoms with E-state index in [2.05, 4.69) is 9.88 Å². The summed E-state index contributed by atoms with van der Waals surface area (Å²) in [4.78, 5) is 31.1. The summed E-state index contributed by atoms with van der Waals surface area (Å²) in [7, 11) is 0. The Morgan fingerprint density at radius 1 is 1.14 bits per heavy atom. The topological polar surface area (TPSA) is 56.4 Å². The van der Waals surface area contributed by atoms with E-state index in [9.17, 15) is 9.59 Å². The van der Waals surface area contributed by atoms with Gasteiger partial charge in [-0.25, -0.2) is 0 Å². The summed E-state index contributed by atoms with van der Waals surface area (Å²) in [6.45, 7) is 6.67. The molecule has 0 radical (unpaired) electrons. The van der Waals surface area contributed by atoms with E-state index >= 15 is 0 Å².